The fourth-order valence-electron chi connectivity index (χ4n) is 3.24. The minimum Gasteiger partial charge on any atom is -0.482 e. The van der Waals surface area contributed by atoms with E-state index in [0.29, 0.717) is 38.2 Å². The summed E-state index contributed by atoms with van der Waals surface area (Å²) in [5.41, 5.74) is 2.62. The zero-order chi connectivity index (χ0) is 22.7. The number of carbonyl (C=O) groups is 2. The van der Waals surface area contributed by atoms with Crippen LogP contribution < -0.4 is 9.47 Å². The van der Waals surface area contributed by atoms with Crippen molar-refractivity contribution in [1.82, 2.24) is 0 Å². The number of hydrogen-bond acceptors (Lipinski definition) is 5. The third-order valence-electron chi connectivity index (χ3n) is 4.79. The van der Waals surface area contributed by atoms with Gasteiger partial charge in [0.2, 0.25) is 5.78 Å². The van der Waals surface area contributed by atoms with Crippen LogP contribution in [0.2, 0.25) is 10.0 Å². The Bertz CT molecular complexity index is 1220. The average molecular weight is 469 g/mol. The van der Waals surface area contributed by atoms with E-state index in [1.54, 1.807) is 43.3 Å². The average Bonchev–Trinajstić information content (AvgIpc) is 3.09. The maximum absolute atomic E-state index is 12.8. The van der Waals surface area contributed by atoms with E-state index in [1.165, 1.54) is 0 Å². The van der Waals surface area contributed by atoms with Gasteiger partial charge in [-0.2, -0.15) is 0 Å². The molecule has 0 N–H and O–H groups in total. The first-order valence-electron chi connectivity index (χ1n) is 9.77. The van der Waals surface area contributed by atoms with Crippen LogP contribution >= 0.6 is 23.2 Å². The van der Waals surface area contributed by atoms with E-state index in [-0.39, 0.29) is 24.8 Å². The van der Waals surface area contributed by atoms with Crippen LogP contribution in [0.15, 0.2) is 66.4 Å². The number of esters is 1. The topological polar surface area (TPSA) is 61.8 Å². The number of Topliss-reactive ketones (excluding diaryl/α,β-unsaturated/α-hetero) is 1. The molecule has 0 saturated carbocycles. The number of hydrogen-bond donors (Lipinski definition) is 0. The summed E-state index contributed by atoms with van der Waals surface area (Å²) in [6.45, 7) is 1.69. The molecule has 162 valence electrons. The van der Waals surface area contributed by atoms with E-state index in [1.807, 2.05) is 30.3 Å². The highest BCUT2D eigenvalue weighted by atomic mass is 35.5. The molecule has 0 aliphatic carbocycles. The van der Waals surface area contributed by atoms with E-state index in [0.717, 1.165) is 5.56 Å². The third-order valence-corrected chi connectivity index (χ3v) is 5.35. The molecule has 0 atom stereocenters. The minimum absolute atomic E-state index is 0.145. The molecule has 3 aromatic rings. The van der Waals surface area contributed by atoms with E-state index < -0.39 is 5.97 Å². The molecule has 0 aromatic heterocycles. The second-order valence-electron chi connectivity index (χ2n) is 7.15. The lowest BCUT2D eigenvalue weighted by molar-refractivity contribution is -0.147. The van der Waals surface area contributed by atoms with Crippen LogP contribution in [0.5, 0.6) is 11.5 Å². The van der Waals surface area contributed by atoms with Gasteiger partial charge in [0.05, 0.1) is 5.56 Å². The minimum atomic E-state index is -0.498. The summed E-state index contributed by atoms with van der Waals surface area (Å²) in [4.78, 5) is 24.8. The van der Waals surface area contributed by atoms with Crippen molar-refractivity contribution in [2.24, 2.45) is 0 Å². The molecule has 0 fully saturated rings. The number of benzene rings is 3. The Kier molecular flexibility index (Phi) is 6.49. The van der Waals surface area contributed by atoms with E-state index in [2.05, 4.69) is 0 Å². The lowest BCUT2D eigenvalue weighted by atomic mass is 10.0. The number of aryl methyl sites for hydroxylation is 1. The molecule has 1 aliphatic heterocycles. The Morgan fingerprint density at radius 2 is 1.84 bits per heavy atom. The number of carbonyl (C=O) groups excluding carboxylic acids is 2. The largest absolute Gasteiger partial charge is 0.482 e. The Balaban J connectivity index is 1.44. The molecule has 32 heavy (non-hydrogen) atoms. The number of allylic oxidation sites excluding steroid dienone is 1. The lowest BCUT2D eigenvalue weighted by Crippen LogP contribution is -2.14. The van der Waals surface area contributed by atoms with Crippen molar-refractivity contribution < 1.29 is 23.8 Å². The summed E-state index contributed by atoms with van der Waals surface area (Å²) in [5.74, 6) is 0.154. The van der Waals surface area contributed by atoms with Crippen molar-refractivity contribution in [3.63, 3.8) is 0 Å². The molecular formula is C25H18Cl2O5. The van der Waals surface area contributed by atoms with Crippen molar-refractivity contribution in [3.05, 3.63) is 98.7 Å². The SMILES string of the molecule is Cc1cc(OCC(=O)OCc2ccccc2)cc2c1C(=O)/C(=C/c1ccc(Cl)cc1Cl)O2. The highest BCUT2D eigenvalue weighted by Crippen LogP contribution is 2.38. The number of halogens is 2. The Hall–Kier alpha value is -3.28. The molecule has 0 bridgehead atoms. The maximum atomic E-state index is 12.8. The lowest BCUT2D eigenvalue weighted by Gasteiger charge is -2.09. The number of ketones is 1. The van der Waals surface area contributed by atoms with Crippen LogP contribution in [0.1, 0.15) is 27.0 Å². The van der Waals surface area contributed by atoms with Crippen LogP contribution in [0.3, 0.4) is 0 Å². The zero-order valence-electron chi connectivity index (χ0n) is 17.1. The van der Waals surface area contributed by atoms with Gasteiger partial charge in [0.25, 0.3) is 0 Å². The fraction of sp³-hybridized carbons (Fsp3) is 0.120. The smallest absolute Gasteiger partial charge is 0.344 e. The Morgan fingerprint density at radius 1 is 1.06 bits per heavy atom. The summed E-state index contributed by atoms with van der Waals surface area (Å²) < 4.78 is 16.5. The fourth-order valence-corrected chi connectivity index (χ4v) is 3.71. The number of fused-ring (bicyclic) bond motifs is 1. The molecule has 1 aliphatic rings. The molecule has 5 nitrogen and oxygen atoms in total. The number of ether oxygens (including phenoxy) is 3. The van der Waals surface area contributed by atoms with Gasteiger partial charge in [0.15, 0.2) is 12.4 Å². The Morgan fingerprint density at radius 3 is 2.59 bits per heavy atom. The van der Waals surface area contributed by atoms with Crippen LogP contribution in [0, 0.1) is 6.92 Å². The highest BCUT2D eigenvalue weighted by Gasteiger charge is 2.30. The van der Waals surface area contributed by atoms with Gasteiger partial charge in [-0.1, -0.05) is 59.6 Å². The first-order valence-corrected chi connectivity index (χ1v) is 10.5. The summed E-state index contributed by atoms with van der Waals surface area (Å²) >= 11 is 12.1. The zero-order valence-corrected chi connectivity index (χ0v) is 18.6. The van der Waals surface area contributed by atoms with Crippen molar-refractivity contribution >= 4 is 41.0 Å². The molecule has 0 spiro atoms. The Labute approximate surface area is 195 Å². The van der Waals surface area contributed by atoms with Crippen molar-refractivity contribution in [2.45, 2.75) is 13.5 Å². The quantitative estimate of drug-likeness (QED) is 0.325. The van der Waals surface area contributed by atoms with Gasteiger partial charge >= 0.3 is 5.97 Å². The highest BCUT2D eigenvalue weighted by molar-refractivity contribution is 6.35. The molecule has 0 unspecified atom stereocenters. The molecule has 7 heteroatoms. The predicted molar refractivity (Wildman–Crippen MR) is 122 cm³/mol. The summed E-state index contributed by atoms with van der Waals surface area (Å²) in [6, 6.07) is 17.6. The van der Waals surface area contributed by atoms with Gasteiger partial charge in [0, 0.05) is 16.1 Å². The van der Waals surface area contributed by atoms with E-state index in [9.17, 15) is 9.59 Å². The van der Waals surface area contributed by atoms with E-state index in [4.69, 9.17) is 37.4 Å². The van der Waals surface area contributed by atoms with Crippen molar-refractivity contribution in [1.29, 1.82) is 0 Å². The van der Waals surface area contributed by atoms with Gasteiger partial charge in [-0.05, 0) is 47.9 Å². The molecule has 0 radical (unpaired) electrons. The normalized spacial score (nSPS) is 13.6. The predicted octanol–water partition coefficient (Wildman–Crippen LogP) is 6.04. The standard InChI is InChI=1S/C25H18Cl2O5/c1-15-9-19(30-14-23(28)31-13-16-5-3-2-4-6-16)12-21-24(15)25(29)22(32-21)10-17-7-8-18(26)11-20(17)27/h2-12H,13-14H2,1H3/b22-10-. The first kappa shape index (κ1) is 21.9. The first-order chi connectivity index (χ1) is 15.4. The monoisotopic (exact) mass is 468 g/mol. The molecule has 0 saturated heterocycles. The molecule has 0 amide bonds. The maximum Gasteiger partial charge on any atom is 0.344 e. The van der Waals surface area contributed by atoms with Crippen molar-refractivity contribution in [3.8, 4) is 11.5 Å². The van der Waals surface area contributed by atoms with Gasteiger partial charge in [-0.3, -0.25) is 4.79 Å². The summed E-state index contributed by atoms with van der Waals surface area (Å²) in [7, 11) is 0. The second-order valence-corrected chi connectivity index (χ2v) is 8.00. The van der Waals surface area contributed by atoms with Crippen LogP contribution in [-0.2, 0) is 16.1 Å². The van der Waals surface area contributed by atoms with Crippen LogP contribution in [-0.4, -0.2) is 18.4 Å². The van der Waals surface area contributed by atoms with Crippen LogP contribution in [0.4, 0.5) is 0 Å². The van der Waals surface area contributed by atoms with E-state index >= 15 is 0 Å². The van der Waals surface area contributed by atoms with Crippen LogP contribution in [0.25, 0.3) is 6.08 Å². The summed E-state index contributed by atoms with van der Waals surface area (Å²) in [6.07, 6.45) is 1.57. The van der Waals surface area contributed by atoms with Gasteiger partial charge in [0.1, 0.15) is 18.1 Å². The third kappa shape index (κ3) is 4.96. The molecule has 1 heterocycles. The molecular weight excluding hydrogens is 451 g/mol. The van der Waals surface area contributed by atoms with Gasteiger partial charge in [-0.25, -0.2) is 4.79 Å². The molecule has 4 rings (SSSR count). The second kappa shape index (κ2) is 9.47. The number of rotatable bonds is 6. The van der Waals surface area contributed by atoms with Crippen molar-refractivity contribution in [2.75, 3.05) is 6.61 Å². The van der Waals surface area contributed by atoms with Gasteiger partial charge < -0.3 is 14.2 Å². The molecule has 3 aromatic carbocycles. The summed E-state index contributed by atoms with van der Waals surface area (Å²) in [5, 5.41) is 0.908. The van der Waals surface area contributed by atoms with Gasteiger partial charge in [-0.15, -0.1) is 0 Å².